The van der Waals surface area contributed by atoms with Gasteiger partial charge in [0, 0.05) is 41.6 Å². The Balaban J connectivity index is 1.82. The number of hydrogen-bond donors (Lipinski definition) is 1. The van der Waals surface area contributed by atoms with Crippen LogP contribution in [0.25, 0.3) is 17.4 Å². The fraction of sp³-hybridized carbons (Fsp3) is 0.0909. The predicted molar refractivity (Wildman–Crippen MR) is 116 cm³/mol. The highest BCUT2D eigenvalue weighted by molar-refractivity contribution is 6.09. The van der Waals surface area contributed by atoms with E-state index in [9.17, 15) is 30.3 Å². The van der Waals surface area contributed by atoms with E-state index in [0.29, 0.717) is 28.1 Å². The lowest BCUT2D eigenvalue weighted by Crippen LogP contribution is -2.14. The number of rotatable bonds is 6. The van der Waals surface area contributed by atoms with Crippen molar-refractivity contribution in [1.29, 1.82) is 5.26 Å². The number of nitro groups is 2. The van der Waals surface area contributed by atoms with Gasteiger partial charge in [0.1, 0.15) is 23.2 Å². The standard InChI is InChI=1S/C22H16N4O6/c1-13-9-16(25(28)29)3-6-19(13)21-8-5-18(32-21)11-15(12-23)22(27)24-20-7-4-17(26(30)31)10-14(20)2/h3-11H,1-2H3,(H,24,27)/b15-11+. The third-order valence-corrected chi connectivity index (χ3v) is 4.63. The van der Waals surface area contributed by atoms with Gasteiger partial charge in [-0.05, 0) is 49.2 Å². The van der Waals surface area contributed by atoms with Crippen LogP contribution in [-0.4, -0.2) is 15.8 Å². The molecule has 0 unspecified atom stereocenters. The van der Waals surface area contributed by atoms with E-state index < -0.39 is 15.8 Å². The number of carbonyl (C=O) groups is 1. The Morgan fingerprint density at radius 1 is 1.00 bits per heavy atom. The van der Waals surface area contributed by atoms with Crippen LogP contribution in [-0.2, 0) is 4.79 Å². The van der Waals surface area contributed by atoms with E-state index in [1.807, 2.05) is 0 Å². The monoisotopic (exact) mass is 432 g/mol. The summed E-state index contributed by atoms with van der Waals surface area (Å²) in [7, 11) is 0. The third kappa shape index (κ3) is 4.68. The molecular weight excluding hydrogens is 416 g/mol. The Kier molecular flexibility index (Phi) is 6.11. The number of non-ortho nitro benzene ring substituents is 2. The van der Waals surface area contributed by atoms with Crippen LogP contribution in [0.5, 0.6) is 0 Å². The van der Waals surface area contributed by atoms with Gasteiger partial charge in [0.15, 0.2) is 0 Å². The molecule has 10 heteroatoms. The molecule has 0 atom stereocenters. The molecule has 1 heterocycles. The second-order valence-corrected chi connectivity index (χ2v) is 6.84. The van der Waals surface area contributed by atoms with Gasteiger partial charge in [-0.1, -0.05) is 0 Å². The maximum absolute atomic E-state index is 12.5. The molecule has 1 aromatic heterocycles. The average Bonchev–Trinajstić information content (AvgIpc) is 3.21. The zero-order chi connectivity index (χ0) is 23.4. The van der Waals surface area contributed by atoms with Gasteiger partial charge in [-0.3, -0.25) is 25.0 Å². The summed E-state index contributed by atoms with van der Waals surface area (Å²) in [5, 5.41) is 33.7. The van der Waals surface area contributed by atoms with Gasteiger partial charge in [0.2, 0.25) is 0 Å². The fourth-order valence-electron chi connectivity index (χ4n) is 3.00. The maximum Gasteiger partial charge on any atom is 0.269 e. The van der Waals surface area contributed by atoms with Crippen molar-refractivity contribution < 1.29 is 19.1 Å². The minimum atomic E-state index is -0.700. The number of benzene rings is 2. The number of amides is 1. The topological polar surface area (TPSA) is 152 Å². The Bertz CT molecular complexity index is 1320. The predicted octanol–water partition coefficient (Wildman–Crippen LogP) is 4.93. The van der Waals surface area contributed by atoms with E-state index >= 15 is 0 Å². The molecule has 0 radical (unpaired) electrons. The normalized spacial score (nSPS) is 11.0. The lowest BCUT2D eigenvalue weighted by molar-refractivity contribution is -0.385. The highest BCUT2D eigenvalue weighted by Crippen LogP contribution is 2.29. The lowest BCUT2D eigenvalue weighted by Gasteiger charge is -2.07. The van der Waals surface area contributed by atoms with E-state index in [1.54, 1.807) is 38.1 Å². The van der Waals surface area contributed by atoms with Crippen LogP contribution in [0.3, 0.4) is 0 Å². The highest BCUT2D eigenvalue weighted by atomic mass is 16.6. The molecule has 0 bridgehead atoms. The van der Waals surface area contributed by atoms with Gasteiger partial charge in [-0.25, -0.2) is 0 Å². The second-order valence-electron chi connectivity index (χ2n) is 6.84. The molecule has 32 heavy (non-hydrogen) atoms. The summed E-state index contributed by atoms with van der Waals surface area (Å²) in [4.78, 5) is 33.2. The third-order valence-electron chi connectivity index (χ3n) is 4.63. The first-order chi connectivity index (χ1) is 15.2. The van der Waals surface area contributed by atoms with Crippen molar-refractivity contribution in [1.82, 2.24) is 0 Å². The van der Waals surface area contributed by atoms with Gasteiger partial charge >= 0.3 is 0 Å². The fourth-order valence-corrected chi connectivity index (χ4v) is 3.00. The molecule has 0 aliphatic rings. The number of hydrogen-bond acceptors (Lipinski definition) is 7. The maximum atomic E-state index is 12.5. The van der Waals surface area contributed by atoms with E-state index in [-0.39, 0.29) is 22.7 Å². The largest absolute Gasteiger partial charge is 0.457 e. The van der Waals surface area contributed by atoms with Gasteiger partial charge in [0.05, 0.1) is 9.85 Å². The van der Waals surface area contributed by atoms with Crippen molar-refractivity contribution in [3.63, 3.8) is 0 Å². The molecule has 1 N–H and O–H groups in total. The van der Waals surface area contributed by atoms with E-state index in [2.05, 4.69) is 5.32 Å². The minimum absolute atomic E-state index is 0.0390. The molecular formula is C22H16N4O6. The number of nitriles is 1. The molecule has 0 saturated carbocycles. The molecule has 10 nitrogen and oxygen atoms in total. The number of nitrogens with zero attached hydrogens (tertiary/aromatic N) is 3. The highest BCUT2D eigenvalue weighted by Gasteiger charge is 2.16. The first kappa shape index (κ1) is 21.9. The van der Waals surface area contributed by atoms with Crippen LogP contribution < -0.4 is 5.32 Å². The quantitative estimate of drug-likeness (QED) is 0.251. The van der Waals surface area contributed by atoms with Gasteiger partial charge in [0.25, 0.3) is 17.3 Å². The van der Waals surface area contributed by atoms with E-state index in [4.69, 9.17) is 4.42 Å². The summed E-state index contributed by atoms with van der Waals surface area (Å²) < 4.78 is 5.70. The zero-order valence-corrected chi connectivity index (χ0v) is 17.0. The zero-order valence-electron chi connectivity index (χ0n) is 17.0. The van der Waals surface area contributed by atoms with Crippen molar-refractivity contribution in [2.45, 2.75) is 13.8 Å². The molecule has 1 amide bonds. The van der Waals surface area contributed by atoms with Crippen molar-refractivity contribution in [2.75, 3.05) is 5.32 Å². The number of aryl methyl sites for hydroxylation is 2. The smallest absolute Gasteiger partial charge is 0.269 e. The van der Waals surface area contributed by atoms with Crippen LogP contribution >= 0.6 is 0 Å². The number of nitro benzene ring substituents is 2. The van der Waals surface area contributed by atoms with E-state index in [0.717, 1.165) is 0 Å². The molecule has 0 aliphatic heterocycles. The van der Waals surface area contributed by atoms with Crippen molar-refractivity contribution in [3.05, 3.63) is 91.2 Å². The lowest BCUT2D eigenvalue weighted by atomic mass is 10.1. The Morgan fingerprint density at radius 3 is 2.19 bits per heavy atom. The Hall–Kier alpha value is -4.78. The molecule has 0 aliphatic carbocycles. The molecule has 0 fully saturated rings. The number of furan rings is 1. The number of anilines is 1. The van der Waals surface area contributed by atoms with Crippen molar-refractivity contribution in [3.8, 4) is 17.4 Å². The SMILES string of the molecule is Cc1cc([N+](=O)[O-])ccc1NC(=O)/C(C#N)=C/c1ccc(-c2ccc([N+](=O)[O-])cc2C)o1. The van der Waals surface area contributed by atoms with Crippen LogP contribution in [0.2, 0.25) is 0 Å². The summed E-state index contributed by atoms with van der Waals surface area (Å²) in [5.41, 5.74) is 1.70. The molecule has 160 valence electrons. The average molecular weight is 432 g/mol. The van der Waals surface area contributed by atoms with Crippen molar-refractivity contribution >= 4 is 29.0 Å². The van der Waals surface area contributed by atoms with E-state index in [1.165, 1.54) is 36.4 Å². The summed E-state index contributed by atoms with van der Waals surface area (Å²) in [6.45, 7) is 3.31. The Morgan fingerprint density at radius 2 is 1.62 bits per heavy atom. The molecule has 0 saturated heterocycles. The molecule has 3 rings (SSSR count). The van der Waals surface area contributed by atoms with Crippen LogP contribution in [0.1, 0.15) is 16.9 Å². The van der Waals surface area contributed by atoms with Gasteiger partial charge in [-0.15, -0.1) is 0 Å². The first-order valence-electron chi connectivity index (χ1n) is 9.23. The minimum Gasteiger partial charge on any atom is -0.457 e. The molecule has 3 aromatic rings. The summed E-state index contributed by atoms with van der Waals surface area (Å²) in [6.07, 6.45) is 1.26. The van der Waals surface area contributed by atoms with Crippen LogP contribution in [0, 0.1) is 45.4 Å². The molecule has 0 spiro atoms. The first-order valence-corrected chi connectivity index (χ1v) is 9.23. The summed E-state index contributed by atoms with van der Waals surface area (Å²) >= 11 is 0. The van der Waals surface area contributed by atoms with Crippen LogP contribution in [0.4, 0.5) is 17.1 Å². The number of nitrogens with one attached hydrogen (secondary N) is 1. The van der Waals surface area contributed by atoms with Crippen LogP contribution in [0.15, 0.2) is 58.5 Å². The second kappa shape index (κ2) is 8.93. The number of carbonyl (C=O) groups excluding carboxylic acids is 1. The van der Waals surface area contributed by atoms with Gasteiger partial charge < -0.3 is 9.73 Å². The summed E-state index contributed by atoms with van der Waals surface area (Å²) in [5.74, 6) is -0.0358. The van der Waals surface area contributed by atoms with Gasteiger partial charge in [-0.2, -0.15) is 5.26 Å². The molecule has 2 aromatic carbocycles. The van der Waals surface area contributed by atoms with Crippen molar-refractivity contribution in [2.24, 2.45) is 0 Å². The summed E-state index contributed by atoms with van der Waals surface area (Å²) in [6, 6.07) is 13.3. The Labute approximate surface area is 181 Å².